The Morgan fingerprint density at radius 3 is 2.50 bits per heavy atom. The third kappa shape index (κ3) is 5.48. The van der Waals surface area contributed by atoms with Crippen LogP contribution >= 0.6 is 0 Å². The summed E-state index contributed by atoms with van der Waals surface area (Å²) in [4.78, 5) is 0. The van der Waals surface area contributed by atoms with Crippen LogP contribution < -0.4 is 4.72 Å². The molecule has 0 radical (unpaired) electrons. The smallest absolute Gasteiger partial charge is 0.405 e. The lowest BCUT2D eigenvalue weighted by atomic mass is 9.82. The van der Waals surface area contributed by atoms with E-state index in [0.29, 0.717) is 5.69 Å². The molecule has 0 spiro atoms. The monoisotopic (exact) mass is 323 g/mol. The van der Waals surface area contributed by atoms with Gasteiger partial charge in [-0.05, 0) is 44.9 Å². The highest BCUT2D eigenvalue weighted by Crippen LogP contribution is 2.26. The van der Waals surface area contributed by atoms with Gasteiger partial charge in [0.1, 0.15) is 0 Å². The van der Waals surface area contributed by atoms with Crippen LogP contribution in [0.15, 0.2) is 30.2 Å². The van der Waals surface area contributed by atoms with Crippen molar-refractivity contribution in [1.29, 1.82) is 0 Å². The molecule has 2 rings (SSSR count). The van der Waals surface area contributed by atoms with Crippen LogP contribution in [0.4, 0.5) is 5.69 Å². The van der Waals surface area contributed by atoms with Crippen molar-refractivity contribution in [2.75, 3.05) is 11.0 Å². The van der Waals surface area contributed by atoms with Crippen LogP contribution in [0.3, 0.4) is 0 Å². The Morgan fingerprint density at radius 1 is 1.32 bits per heavy atom. The fourth-order valence-corrected chi connectivity index (χ4v) is 3.07. The van der Waals surface area contributed by atoms with E-state index < -0.39 is 10.0 Å². The van der Waals surface area contributed by atoms with E-state index in [4.69, 9.17) is 9.31 Å². The molecular weight excluding hydrogens is 301 g/mol. The highest BCUT2D eigenvalue weighted by Gasteiger charge is 2.35. The Kier molecular flexibility index (Phi) is 4.99. The van der Waals surface area contributed by atoms with Gasteiger partial charge in [0.25, 0.3) is 0 Å². The van der Waals surface area contributed by atoms with E-state index in [0.717, 1.165) is 18.2 Å². The standard InChI is InChI=1S/C15H22BNO4S/c1-12-11-15(2,3)21-16(20-12)10-9-13-5-7-14(8-6-13)17-22(4,18)19/h5-10,12,17H,11H2,1-4H3/b10-9+. The van der Waals surface area contributed by atoms with Crippen molar-refractivity contribution in [2.45, 2.75) is 38.9 Å². The van der Waals surface area contributed by atoms with Crippen LogP contribution in [0.5, 0.6) is 0 Å². The number of hydrogen-bond donors (Lipinski definition) is 1. The van der Waals surface area contributed by atoms with E-state index in [9.17, 15) is 8.42 Å². The molecular formula is C15H22BNO4S. The van der Waals surface area contributed by atoms with Gasteiger partial charge in [-0.15, -0.1) is 0 Å². The normalized spacial score (nSPS) is 22.0. The lowest BCUT2D eigenvalue weighted by molar-refractivity contribution is -0.0235. The molecule has 0 aliphatic carbocycles. The minimum atomic E-state index is -3.25. The Bertz CT molecular complexity index is 640. The van der Waals surface area contributed by atoms with E-state index in [-0.39, 0.29) is 18.8 Å². The number of hydrogen-bond acceptors (Lipinski definition) is 4. The van der Waals surface area contributed by atoms with Crippen molar-refractivity contribution < 1.29 is 17.7 Å². The summed E-state index contributed by atoms with van der Waals surface area (Å²) in [7, 11) is -3.61. The van der Waals surface area contributed by atoms with E-state index >= 15 is 0 Å². The van der Waals surface area contributed by atoms with Crippen LogP contribution in [-0.4, -0.2) is 33.5 Å². The molecule has 1 heterocycles. The molecule has 0 aromatic heterocycles. The Balaban J connectivity index is 2.01. The first-order valence-electron chi connectivity index (χ1n) is 7.22. The second kappa shape index (κ2) is 6.44. The zero-order valence-electron chi connectivity index (χ0n) is 13.4. The molecule has 1 aromatic rings. The zero-order valence-corrected chi connectivity index (χ0v) is 14.2. The number of nitrogens with one attached hydrogen (secondary N) is 1. The molecule has 0 amide bonds. The minimum absolute atomic E-state index is 0.153. The molecule has 1 aromatic carbocycles. The maximum absolute atomic E-state index is 11.2. The molecule has 1 fully saturated rings. The predicted octanol–water partition coefficient (Wildman–Crippen LogP) is 2.70. The SMILES string of the molecule is CC1CC(C)(C)OB(/C=C/c2ccc(NS(C)(=O)=O)cc2)O1. The van der Waals surface area contributed by atoms with Crippen molar-refractivity contribution in [2.24, 2.45) is 0 Å². The predicted molar refractivity (Wildman–Crippen MR) is 90.0 cm³/mol. The third-order valence-corrected chi connectivity index (χ3v) is 3.85. The lowest BCUT2D eigenvalue weighted by Gasteiger charge is -2.37. The van der Waals surface area contributed by atoms with Gasteiger partial charge >= 0.3 is 7.12 Å². The maximum Gasteiger partial charge on any atom is 0.486 e. The van der Waals surface area contributed by atoms with Gasteiger partial charge in [-0.3, -0.25) is 4.72 Å². The molecule has 22 heavy (non-hydrogen) atoms. The van der Waals surface area contributed by atoms with Crippen molar-refractivity contribution in [3.05, 3.63) is 35.8 Å². The van der Waals surface area contributed by atoms with Crippen LogP contribution in [0.25, 0.3) is 6.08 Å². The molecule has 1 N–H and O–H groups in total. The Hall–Kier alpha value is -1.31. The number of anilines is 1. The number of rotatable bonds is 4. The molecule has 1 aliphatic rings. The highest BCUT2D eigenvalue weighted by atomic mass is 32.2. The minimum Gasteiger partial charge on any atom is -0.405 e. The fraction of sp³-hybridized carbons (Fsp3) is 0.467. The summed E-state index contributed by atoms with van der Waals surface area (Å²) in [6.07, 6.45) is 4.05. The molecule has 120 valence electrons. The van der Waals surface area contributed by atoms with Gasteiger partial charge in [0.05, 0.1) is 11.9 Å². The molecule has 1 unspecified atom stereocenters. The molecule has 5 nitrogen and oxygen atoms in total. The van der Waals surface area contributed by atoms with Gasteiger partial charge in [-0.25, -0.2) is 8.42 Å². The van der Waals surface area contributed by atoms with Crippen molar-refractivity contribution in [3.8, 4) is 0 Å². The summed E-state index contributed by atoms with van der Waals surface area (Å²) in [5.74, 6) is 1.87. The Labute approximate surface area is 132 Å². The van der Waals surface area contributed by atoms with Crippen molar-refractivity contribution in [3.63, 3.8) is 0 Å². The average Bonchev–Trinajstić information content (AvgIpc) is 2.33. The van der Waals surface area contributed by atoms with Crippen molar-refractivity contribution >= 4 is 28.9 Å². The van der Waals surface area contributed by atoms with E-state index in [1.165, 1.54) is 0 Å². The third-order valence-electron chi connectivity index (χ3n) is 3.24. The summed E-state index contributed by atoms with van der Waals surface area (Å²) in [5, 5.41) is 0. The second-order valence-electron chi connectivity index (χ2n) is 6.25. The summed E-state index contributed by atoms with van der Waals surface area (Å²) in [6, 6.07) is 7.11. The summed E-state index contributed by atoms with van der Waals surface area (Å²) in [6.45, 7) is 6.15. The van der Waals surface area contributed by atoms with Gasteiger partial charge in [0.15, 0.2) is 0 Å². The first kappa shape index (κ1) is 17.1. The quantitative estimate of drug-likeness (QED) is 0.865. The first-order valence-corrected chi connectivity index (χ1v) is 9.11. The van der Waals surface area contributed by atoms with Crippen LogP contribution in [0.1, 0.15) is 32.8 Å². The molecule has 1 saturated heterocycles. The van der Waals surface area contributed by atoms with Crippen LogP contribution in [-0.2, 0) is 19.3 Å². The fourth-order valence-electron chi connectivity index (χ4n) is 2.51. The summed E-state index contributed by atoms with van der Waals surface area (Å²) < 4.78 is 36.3. The Morgan fingerprint density at radius 2 is 1.95 bits per heavy atom. The molecule has 0 saturated carbocycles. The highest BCUT2D eigenvalue weighted by molar-refractivity contribution is 7.92. The van der Waals surface area contributed by atoms with Crippen LogP contribution in [0.2, 0.25) is 0 Å². The van der Waals surface area contributed by atoms with Crippen molar-refractivity contribution in [1.82, 2.24) is 0 Å². The summed E-state index contributed by atoms with van der Waals surface area (Å²) >= 11 is 0. The van der Waals surface area contributed by atoms with Gasteiger partial charge < -0.3 is 9.31 Å². The first-order chi connectivity index (χ1) is 10.1. The zero-order chi connectivity index (χ0) is 16.4. The maximum atomic E-state index is 11.2. The molecule has 0 bridgehead atoms. The van der Waals surface area contributed by atoms with Gasteiger partial charge in [-0.1, -0.05) is 24.2 Å². The summed E-state index contributed by atoms with van der Waals surface area (Å²) in [5.41, 5.74) is 1.29. The topological polar surface area (TPSA) is 64.6 Å². The molecule has 1 aliphatic heterocycles. The number of benzene rings is 1. The number of sulfonamides is 1. The molecule has 7 heteroatoms. The average molecular weight is 323 g/mol. The van der Waals surface area contributed by atoms with E-state index in [1.807, 2.05) is 31.1 Å². The van der Waals surface area contributed by atoms with Gasteiger partial charge in [0.2, 0.25) is 10.0 Å². The second-order valence-corrected chi connectivity index (χ2v) is 8.00. The van der Waals surface area contributed by atoms with Gasteiger partial charge in [-0.2, -0.15) is 0 Å². The van der Waals surface area contributed by atoms with Gasteiger partial charge in [0, 0.05) is 11.8 Å². The molecule has 1 atom stereocenters. The lowest BCUT2D eigenvalue weighted by Crippen LogP contribution is -2.45. The largest absolute Gasteiger partial charge is 0.486 e. The van der Waals surface area contributed by atoms with E-state index in [2.05, 4.69) is 18.6 Å². The van der Waals surface area contributed by atoms with E-state index in [1.54, 1.807) is 12.1 Å². The van der Waals surface area contributed by atoms with Crippen LogP contribution in [0, 0.1) is 0 Å².